The number of aromatic nitrogens is 2. The van der Waals surface area contributed by atoms with Crippen LogP contribution in [0.4, 0.5) is 4.39 Å². The predicted octanol–water partition coefficient (Wildman–Crippen LogP) is 1.91. The molecule has 2 rings (SSSR count). The molecule has 1 aromatic heterocycles. The number of ether oxygens (including phenoxy) is 1. The Kier molecular flexibility index (Phi) is 4.70. The minimum Gasteiger partial charge on any atom is -0.468 e. The van der Waals surface area contributed by atoms with E-state index in [2.05, 4.69) is 5.10 Å². The molecule has 0 N–H and O–H groups in total. The standard InChI is InChI=1S/C15H18FN3O2/c1-18(9-11-8-17-19(2)10-11)14(15(20)21-3)12-4-6-13(16)7-5-12/h4-8,10,14H,9H2,1-3H3. The van der Waals surface area contributed by atoms with Crippen LogP contribution in [0.15, 0.2) is 36.7 Å². The summed E-state index contributed by atoms with van der Waals surface area (Å²) in [5.74, 6) is -0.717. The fraction of sp³-hybridized carbons (Fsp3) is 0.333. The zero-order valence-corrected chi connectivity index (χ0v) is 12.3. The first-order chi connectivity index (χ1) is 10.0. The second kappa shape index (κ2) is 6.49. The van der Waals surface area contributed by atoms with Crippen molar-refractivity contribution in [3.63, 3.8) is 0 Å². The molecule has 1 heterocycles. The number of carbonyl (C=O) groups excluding carboxylic acids is 1. The molecule has 1 unspecified atom stereocenters. The highest BCUT2D eigenvalue weighted by Crippen LogP contribution is 2.23. The first-order valence-electron chi connectivity index (χ1n) is 6.52. The highest BCUT2D eigenvalue weighted by molar-refractivity contribution is 5.77. The lowest BCUT2D eigenvalue weighted by atomic mass is 10.1. The predicted molar refractivity (Wildman–Crippen MR) is 75.8 cm³/mol. The van der Waals surface area contributed by atoms with Crippen molar-refractivity contribution < 1.29 is 13.9 Å². The van der Waals surface area contributed by atoms with Gasteiger partial charge < -0.3 is 4.74 Å². The molecule has 0 amide bonds. The SMILES string of the molecule is COC(=O)C(c1ccc(F)cc1)N(C)Cc1cnn(C)c1. The molecule has 0 bridgehead atoms. The molecule has 112 valence electrons. The highest BCUT2D eigenvalue weighted by atomic mass is 19.1. The third-order valence-corrected chi connectivity index (χ3v) is 3.24. The molecule has 0 saturated carbocycles. The number of hydrogen-bond donors (Lipinski definition) is 0. The van der Waals surface area contributed by atoms with Gasteiger partial charge in [0.25, 0.3) is 0 Å². The van der Waals surface area contributed by atoms with Crippen molar-refractivity contribution in [2.24, 2.45) is 7.05 Å². The van der Waals surface area contributed by atoms with Gasteiger partial charge in [-0.2, -0.15) is 5.10 Å². The monoisotopic (exact) mass is 291 g/mol. The molecule has 2 aromatic rings. The van der Waals surface area contributed by atoms with E-state index in [1.807, 2.05) is 25.2 Å². The normalized spacial score (nSPS) is 12.4. The van der Waals surface area contributed by atoms with Crippen LogP contribution >= 0.6 is 0 Å². The number of nitrogens with zero attached hydrogens (tertiary/aromatic N) is 3. The van der Waals surface area contributed by atoms with E-state index in [-0.39, 0.29) is 11.8 Å². The number of carbonyl (C=O) groups is 1. The number of hydrogen-bond acceptors (Lipinski definition) is 4. The Labute approximate surface area is 122 Å². The van der Waals surface area contributed by atoms with Gasteiger partial charge >= 0.3 is 5.97 Å². The highest BCUT2D eigenvalue weighted by Gasteiger charge is 2.26. The molecular formula is C15H18FN3O2. The van der Waals surface area contributed by atoms with E-state index in [1.165, 1.54) is 19.2 Å². The smallest absolute Gasteiger partial charge is 0.327 e. The lowest BCUT2D eigenvalue weighted by molar-refractivity contribution is -0.147. The maximum atomic E-state index is 13.0. The summed E-state index contributed by atoms with van der Waals surface area (Å²) in [6.45, 7) is 0.533. The van der Waals surface area contributed by atoms with E-state index < -0.39 is 6.04 Å². The number of aryl methyl sites for hydroxylation is 1. The van der Waals surface area contributed by atoms with Crippen LogP contribution in [0.5, 0.6) is 0 Å². The molecule has 1 aromatic carbocycles. The lowest BCUT2D eigenvalue weighted by Gasteiger charge is -2.25. The van der Waals surface area contributed by atoms with E-state index in [0.717, 1.165) is 5.56 Å². The quantitative estimate of drug-likeness (QED) is 0.790. The number of esters is 1. The summed E-state index contributed by atoms with van der Waals surface area (Å²) in [6.07, 6.45) is 3.63. The molecule has 0 aliphatic heterocycles. The Balaban J connectivity index is 2.22. The van der Waals surface area contributed by atoms with Crippen molar-refractivity contribution in [1.82, 2.24) is 14.7 Å². The largest absolute Gasteiger partial charge is 0.468 e. The summed E-state index contributed by atoms with van der Waals surface area (Å²) in [6, 6.07) is 5.27. The summed E-state index contributed by atoms with van der Waals surface area (Å²) < 4.78 is 19.6. The molecule has 0 radical (unpaired) electrons. The van der Waals surface area contributed by atoms with Crippen molar-refractivity contribution in [1.29, 1.82) is 0 Å². The summed E-state index contributed by atoms with van der Waals surface area (Å²) >= 11 is 0. The fourth-order valence-corrected chi connectivity index (χ4v) is 2.26. The Hall–Kier alpha value is -2.21. The maximum absolute atomic E-state index is 13.0. The van der Waals surface area contributed by atoms with Crippen LogP contribution in [0.25, 0.3) is 0 Å². The molecule has 0 saturated heterocycles. The fourth-order valence-electron chi connectivity index (χ4n) is 2.26. The minimum absolute atomic E-state index is 0.336. The van der Waals surface area contributed by atoms with Crippen molar-refractivity contribution in [3.05, 3.63) is 53.6 Å². The van der Waals surface area contributed by atoms with Gasteiger partial charge in [-0.3, -0.25) is 9.58 Å². The third kappa shape index (κ3) is 3.66. The molecule has 0 aliphatic carbocycles. The molecule has 0 aliphatic rings. The Morgan fingerprint density at radius 2 is 2.10 bits per heavy atom. The molecule has 5 nitrogen and oxygen atoms in total. The third-order valence-electron chi connectivity index (χ3n) is 3.24. The average molecular weight is 291 g/mol. The van der Waals surface area contributed by atoms with Gasteiger partial charge in [-0.1, -0.05) is 12.1 Å². The van der Waals surface area contributed by atoms with Gasteiger partial charge in [0.05, 0.1) is 13.3 Å². The van der Waals surface area contributed by atoms with E-state index >= 15 is 0 Å². The summed E-state index contributed by atoms with van der Waals surface area (Å²) in [4.78, 5) is 13.9. The summed E-state index contributed by atoms with van der Waals surface area (Å²) in [5.41, 5.74) is 1.67. The first kappa shape index (κ1) is 15.2. The molecule has 0 fully saturated rings. The van der Waals surface area contributed by atoms with Crippen LogP contribution in [-0.2, 0) is 23.1 Å². The maximum Gasteiger partial charge on any atom is 0.327 e. The van der Waals surface area contributed by atoms with Crippen LogP contribution < -0.4 is 0 Å². The van der Waals surface area contributed by atoms with Crippen molar-refractivity contribution in [3.8, 4) is 0 Å². The summed E-state index contributed by atoms with van der Waals surface area (Å²) in [7, 11) is 5.00. The Morgan fingerprint density at radius 1 is 1.43 bits per heavy atom. The Bertz CT molecular complexity index is 610. The van der Waals surface area contributed by atoms with Gasteiger partial charge in [0.1, 0.15) is 11.9 Å². The van der Waals surface area contributed by atoms with Crippen molar-refractivity contribution >= 4 is 5.97 Å². The number of likely N-dealkylation sites (N-methyl/N-ethyl adjacent to an activating group) is 1. The van der Waals surface area contributed by atoms with Crippen LogP contribution in [0, 0.1) is 5.82 Å². The van der Waals surface area contributed by atoms with Crippen LogP contribution in [0.2, 0.25) is 0 Å². The topological polar surface area (TPSA) is 47.4 Å². The van der Waals surface area contributed by atoms with E-state index in [9.17, 15) is 9.18 Å². The van der Waals surface area contributed by atoms with Crippen LogP contribution in [-0.4, -0.2) is 34.8 Å². The van der Waals surface area contributed by atoms with E-state index in [0.29, 0.717) is 12.1 Å². The van der Waals surface area contributed by atoms with E-state index in [1.54, 1.807) is 23.0 Å². The lowest BCUT2D eigenvalue weighted by Crippen LogP contribution is -2.31. The van der Waals surface area contributed by atoms with Gasteiger partial charge in [-0.25, -0.2) is 9.18 Å². The van der Waals surface area contributed by atoms with Crippen LogP contribution in [0.1, 0.15) is 17.2 Å². The average Bonchev–Trinajstić information content (AvgIpc) is 2.86. The molecule has 0 spiro atoms. The molecule has 1 atom stereocenters. The van der Waals surface area contributed by atoms with Crippen LogP contribution in [0.3, 0.4) is 0 Å². The zero-order chi connectivity index (χ0) is 15.4. The van der Waals surface area contributed by atoms with Gasteiger partial charge in [-0.15, -0.1) is 0 Å². The van der Waals surface area contributed by atoms with E-state index in [4.69, 9.17) is 4.74 Å². The molecule has 21 heavy (non-hydrogen) atoms. The minimum atomic E-state index is -0.587. The number of halogens is 1. The molecular weight excluding hydrogens is 273 g/mol. The van der Waals surface area contributed by atoms with Gasteiger partial charge in [0.2, 0.25) is 0 Å². The molecule has 6 heteroatoms. The van der Waals surface area contributed by atoms with Gasteiger partial charge in [0.15, 0.2) is 0 Å². The van der Waals surface area contributed by atoms with Gasteiger partial charge in [-0.05, 0) is 24.7 Å². The van der Waals surface area contributed by atoms with Crippen molar-refractivity contribution in [2.45, 2.75) is 12.6 Å². The first-order valence-corrected chi connectivity index (χ1v) is 6.52. The van der Waals surface area contributed by atoms with Gasteiger partial charge in [0, 0.05) is 25.4 Å². The summed E-state index contributed by atoms with van der Waals surface area (Å²) in [5, 5.41) is 4.10. The second-order valence-corrected chi connectivity index (χ2v) is 4.91. The second-order valence-electron chi connectivity index (χ2n) is 4.91. The number of benzene rings is 1. The zero-order valence-electron chi connectivity index (χ0n) is 12.3. The van der Waals surface area contributed by atoms with Crippen molar-refractivity contribution in [2.75, 3.05) is 14.2 Å². The number of methoxy groups -OCH3 is 1. The Morgan fingerprint density at radius 3 is 2.62 bits per heavy atom. The number of rotatable bonds is 5.